The monoisotopic (exact) mass is 282 g/mol. The Bertz CT molecular complexity index is 365. The van der Waals surface area contributed by atoms with Crippen LogP contribution >= 0.6 is 15.9 Å². The van der Waals surface area contributed by atoms with E-state index in [0.29, 0.717) is 0 Å². The van der Waals surface area contributed by atoms with Crippen molar-refractivity contribution in [2.45, 2.75) is 19.9 Å². The van der Waals surface area contributed by atoms with Crippen molar-refractivity contribution in [3.05, 3.63) is 28.2 Å². The van der Waals surface area contributed by atoms with Crippen LogP contribution in [0.3, 0.4) is 0 Å². The lowest BCUT2D eigenvalue weighted by Gasteiger charge is -2.19. The highest BCUT2D eigenvalue weighted by Crippen LogP contribution is 2.28. The quantitative estimate of drug-likeness (QED) is 0.917. The Balaban J connectivity index is 2.14. The molecule has 1 aliphatic rings. The summed E-state index contributed by atoms with van der Waals surface area (Å²) in [6, 6.07) is 6.68. The van der Waals surface area contributed by atoms with Crippen LogP contribution in [0.4, 0.5) is 5.69 Å². The van der Waals surface area contributed by atoms with Crippen molar-refractivity contribution in [3.63, 3.8) is 0 Å². The summed E-state index contributed by atoms with van der Waals surface area (Å²) in [4.78, 5) is 2.47. The molecule has 1 N–H and O–H groups in total. The molecule has 2 nitrogen and oxygen atoms in total. The molecule has 0 bridgehead atoms. The van der Waals surface area contributed by atoms with E-state index in [1.165, 1.54) is 35.2 Å². The summed E-state index contributed by atoms with van der Waals surface area (Å²) in [7, 11) is 1.97. The van der Waals surface area contributed by atoms with Crippen LogP contribution in [0.5, 0.6) is 0 Å². The third kappa shape index (κ3) is 2.58. The van der Waals surface area contributed by atoms with E-state index < -0.39 is 0 Å². The lowest BCUT2D eigenvalue weighted by molar-refractivity contribution is 0.659. The van der Waals surface area contributed by atoms with Crippen LogP contribution in [0.25, 0.3) is 0 Å². The Morgan fingerprint density at radius 1 is 1.50 bits per heavy atom. The van der Waals surface area contributed by atoms with Crippen molar-refractivity contribution in [2.24, 2.45) is 5.92 Å². The van der Waals surface area contributed by atoms with Gasteiger partial charge in [0.25, 0.3) is 0 Å². The molecule has 16 heavy (non-hydrogen) atoms. The first-order valence-corrected chi connectivity index (χ1v) is 6.68. The zero-order valence-electron chi connectivity index (χ0n) is 9.96. The molecule has 88 valence electrons. The first-order chi connectivity index (χ1) is 7.70. The Kier molecular flexibility index (Phi) is 3.87. The minimum absolute atomic E-state index is 0.829. The molecule has 0 saturated carbocycles. The molecule has 0 spiro atoms. The molecule has 1 fully saturated rings. The predicted octanol–water partition coefficient (Wildman–Crippen LogP) is 3.01. The van der Waals surface area contributed by atoms with Gasteiger partial charge in [-0.15, -0.1) is 0 Å². The maximum absolute atomic E-state index is 3.64. The average molecular weight is 283 g/mol. The van der Waals surface area contributed by atoms with Crippen LogP contribution in [-0.4, -0.2) is 20.1 Å². The Hall–Kier alpha value is -0.540. The second-order valence-corrected chi connectivity index (χ2v) is 5.50. The highest BCUT2D eigenvalue weighted by Gasteiger charge is 2.19. The van der Waals surface area contributed by atoms with E-state index in [1.807, 2.05) is 7.05 Å². The normalized spacial score (nSPS) is 20.4. The summed E-state index contributed by atoms with van der Waals surface area (Å²) in [6.07, 6.45) is 1.32. The second-order valence-electron chi connectivity index (χ2n) is 4.65. The van der Waals surface area contributed by atoms with Gasteiger partial charge in [-0.3, -0.25) is 0 Å². The third-order valence-electron chi connectivity index (χ3n) is 3.19. The summed E-state index contributed by atoms with van der Waals surface area (Å²) in [5.74, 6) is 0.829. The van der Waals surface area contributed by atoms with Crippen molar-refractivity contribution in [2.75, 3.05) is 25.0 Å². The van der Waals surface area contributed by atoms with Gasteiger partial charge < -0.3 is 10.2 Å². The fourth-order valence-corrected chi connectivity index (χ4v) is 2.74. The maximum Gasteiger partial charge on any atom is 0.0377 e. The lowest BCUT2D eigenvalue weighted by atomic mass is 10.2. The molecule has 1 aromatic rings. The zero-order chi connectivity index (χ0) is 11.5. The van der Waals surface area contributed by atoms with Crippen LogP contribution in [0.15, 0.2) is 22.7 Å². The summed E-state index contributed by atoms with van der Waals surface area (Å²) in [5.41, 5.74) is 2.66. The minimum atomic E-state index is 0.829. The van der Waals surface area contributed by atoms with E-state index in [9.17, 15) is 0 Å². The first-order valence-electron chi connectivity index (χ1n) is 5.88. The molecule has 1 unspecified atom stereocenters. The van der Waals surface area contributed by atoms with Crippen LogP contribution in [0.1, 0.15) is 18.9 Å². The van der Waals surface area contributed by atoms with E-state index in [2.05, 4.69) is 51.3 Å². The van der Waals surface area contributed by atoms with Gasteiger partial charge >= 0.3 is 0 Å². The standard InChI is InChI=1S/C13H19BrN2/c1-10-5-6-16(9-10)12-4-3-11(8-15-2)13(14)7-12/h3-4,7,10,15H,5-6,8-9H2,1-2H3. The van der Waals surface area contributed by atoms with Gasteiger partial charge in [0.1, 0.15) is 0 Å². The number of nitrogens with zero attached hydrogens (tertiary/aromatic N) is 1. The van der Waals surface area contributed by atoms with Crippen LogP contribution in [0.2, 0.25) is 0 Å². The van der Waals surface area contributed by atoms with E-state index in [4.69, 9.17) is 0 Å². The zero-order valence-corrected chi connectivity index (χ0v) is 11.5. The number of halogens is 1. The molecule has 0 aromatic heterocycles. The third-order valence-corrected chi connectivity index (χ3v) is 3.93. The molecule has 1 heterocycles. The first kappa shape index (κ1) is 11.9. The van der Waals surface area contributed by atoms with Crippen molar-refractivity contribution in [1.29, 1.82) is 0 Å². The van der Waals surface area contributed by atoms with Gasteiger partial charge in [-0.1, -0.05) is 28.9 Å². The molecule has 0 amide bonds. The number of hydrogen-bond donors (Lipinski definition) is 1. The molecule has 1 aliphatic heterocycles. The SMILES string of the molecule is CNCc1ccc(N2CCC(C)C2)cc1Br. The fraction of sp³-hybridized carbons (Fsp3) is 0.538. The van der Waals surface area contributed by atoms with E-state index in [1.54, 1.807) is 0 Å². The molecule has 0 aliphatic carbocycles. The van der Waals surface area contributed by atoms with Crippen molar-refractivity contribution in [1.82, 2.24) is 5.32 Å². The van der Waals surface area contributed by atoms with Crippen molar-refractivity contribution in [3.8, 4) is 0 Å². The van der Waals surface area contributed by atoms with Crippen LogP contribution < -0.4 is 10.2 Å². The highest BCUT2D eigenvalue weighted by molar-refractivity contribution is 9.10. The summed E-state index contributed by atoms with van der Waals surface area (Å²) < 4.78 is 1.21. The summed E-state index contributed by atoms with van der Waals surface area (Å²) >= 11 is 3.64. The molecular weight excluding hydrogens is 264 g/mol. The van der Waals surface area contributed by atoms with Gasteiger partial charge in [-0.05, 0) is 37.1 Å². The molecule has 3 heteroatoms. The topological polar surface area (TPSA) is 15.3 Å². The molecule has 1 saturated heterocycles. The molecule has 0 radical (unpaired) electrons. The van der Waals surface area contributed by atoms with Crippen molar-refractivity contribution < 1.29 is 0 Å². The second kappa shape index (κ2) is 5.19. The summed E-state index contributed by atoms with van der Waals surface area (Å²) in [5, 5.41) is 3.18. The molecule has 2 rings (SSSR count). The molecular formula is C13H19BrN2. The van der Waals surface area contributed by atoms with Gasteiger partial charge in [0.05, 0.1) is 0 Å². The highest BCUT2D eigenvalue weighted by atomic mass is 79.9. The van der Waals surface area contributed by atoms with E-state index >= 15 is 0 Å². The average Bonchev–Trinajstić information content (AvgIpc) is 2.68. The van der Waals surface area contributed by atoms with Gasteiger partial charge in [0.15, 0.2) is 0 Å². The largest absolute Gasteiger partial charge is 0.371 e. The Morgan fingerprint density at radius 2 is 2.31 bits per heavy atom. The van der Waals surface area contributed by atoms with Crippen molar-refractivity contribution >= 4 is 21.6 Å². The lowest BCUT2D eigenvalue weighted by Crippen LogP contribution is -2.19. The number of nitrogens with one attached hydrogen (secondary N) is 1. The van der Waals surface area contributed by atoms with Crippen LogP contribution in [-0.2, 0) is 6.54 Å². The Labute approximate surface area is 106 Å². The van der Waals surface area contributed by atoms with Gasteiger partial charge in [0, 0.05) is 29.8 Å². The number of rotatable bonds is 3. The molecule has 1 aromatic carbocycles. The Morgan fingerprint density at radius 3 is 2.88 bits per heavy atom. The predicted molar refractivity (Wildman–Crippen MR) is 72.9 cm³/mol. The minimum Gasteiger partial charge on any atom is -0.371 e. The van der Waals surface area contributed by atoms with Crippen LogP contribution in [0, 0.1) is 5.92 Å². The van der Waals surface area contributed by atoms with Gasteiger partial charge in [0.2, 0.25) is 0 Å². The maximum atomic E-state index is 3.64. The number of hydrogen-bond acceptors (Lipinski definition) is 2. The number of benzene rings is 1. The van der Waals surface area contributed by atoms with Gasteiger partial charge in [-0.25, -0.2) is 0 Å². The smallest absolute Gasteiger partial charge is 0.0377 e. The number of anilines is 1. The van der Waals surface area contributed by atoms with E-state index in [0.717, 1.165) is 12.5 Å². The van der Waals surface area contributed by atoms with E-state index in [-0.39, 0.29) is 0 Å². The molecule has 1 atom stereocenters. The summed E-state index contributed by atoms with van der Waals surface area (Å²) in [6.45, 7) is 5.62. The fourth-order valence-electron chi connectivity index (χ4n) is 2.24. The van der Waals surface area contributed by atoms with Gasteiger partial charge in [-0.2, -0.15) is 0 Å².